The van der Waals surface area contributed by atoms with E-state index in [0.717, 1.165) is 12.5 Å². The molecule has 0 aliphatic carbocycles. The van der Waals surface area contributed by atoms with Gasteiger partial charge in [-0.25, -0.2) is 0 Å². The molecule has 1 heterocycles. The second-order valence-electron chi connectivity index (χ2n) is 4.87. The fourth-order valence-corrected chi connectivity index (χ4v) is 2.70. The molecule has 0 radical (unpaired) electrons. The Morgan fingerprint density at radius 2 is 1.88 bits per heavy atom. The first kappa shape index (κ1) is 9.86. The van der Waals surface area contributed by atoms with Crippen LogP contribution in [0.2, 0.25) is 0 Å². The maximum Gasteiger partial charge on any atom is 0.0329 e. The third-order valence-corrected chi connectivity index (χ3v) is 3.55. The monoisotopic (exact) mass is 211 g/mol. The Balaban J connectivity index is 2.09. The lowest BCUT2D eigenvalue weighted by molar-refractivity contribution is 0.615. The molecule has 0 aromatic heterocycles. The van der Waals surface area contributed by atoms with Gasteiger partial charge in [0, 0.05) is 6.04 Å². The Hall–Kier alpha value is -1.34. The Kier molecular flexibility index (Phi) is 2.41. The largest absolute Gasteiger partial charge is 0.310 e. The molecule has 1 aliphatic heterocycles. The van der Waals surface area contributed by atoms with Crippen LogP contribution in [0.1, 0.15) is 24.9 Å². The normalized spacial score (nSPS) is 25.1. The molecule has 82 valence electrons. The van der Waals surface area contributed by atoms with E-state index in [2.05, 4.69) is 54.7 Å². The molecule has 2 aromatic carbocycles. The van der Waals surface area contributed by atoms with Gasteiger partial charge >= 0.3 is 0 Å². The van der Waals surface area contributed by atoms with Crippen molar-refractivity contribution in [2.45, 2.75) is 19.4 Å². The van der Waals surface area contributed by atoms with Crippen LogP contribution in [0.15, 0.2) is 42.5 Å². The molecule has 1 heteroatoms. The van der Waals surface area contributed by atoms with Gasteiger partial charge in [0.25, 0.3) is 0 Å². The summed E-state index contributed by atoms with van der Waals surface area (Å²) >= 11 is 0. The average molecular weight is 211 g/mol. The summed E-state index contributed by atoms with van der Waals surface area (Å²) in [6.45, 7) is 3.46. The molecule has 1 aliphatic rings. The quantitative estimate of drug-likeness (QED) is 0.761. The van der Waals surface area contributed by atoms with E-state index in [0.29, 0.717) is 6.04 Å². The van der Waals surface area contributed by atoms with Crippen molar-refractivity contribution in [3.8, 4) is 0 Å². The molecule has 0 spiro atoms. The van der Waals surface area contributed by atoms with Crippen LogP contribution in [-0.4, -0.2) is 6.54 Å². The van der Waals surface area contributed by atoms with Crippen molar-refractivity contribution in [3.05, 3.63) is 48.0 Å². The van der Waals surface area contributed by atoms with E-state index >= 15 is 0 Å². The molecule has 1 N–H and O–H groups in total. The molecular formula is C15H17N. The van der Waals surface area contributed by atoms with E-state index in [-0.39, 0.29) is 0 Å². The van der Waals surface area contributed by atoms with E-state index in [1.54, 1.807) is 0 Å². The molecule has 1 nitrogen and oxygen atoms in total. The Morgan fingerprint density at radius 3 is 2.69 bits per heavy atom. The maximum atomic E-state index is 3.61. The van der Waals surface area contributed by atoms with Crippen molar-refractivity contribution in [3.63, 3.8) is 0 Å². The molecule has 16 heavy (non-hydrogen) atoms. The van der Waals surface area contributed by atoms with Gasteiger partial charge in [-0.3, -0.25) is 0 Å². The predicted octanol–water partition coefficient (Wildman–Crippen LogP) is 3.51. The van der Waals surface area contributed by atoms with Crippen LogP contribution in [0.25, 0.3) is 10.8 Å². The number of hydrogen-bond acceptors (Lipinski definition) is 1. The van der Waals surface area contributed by atoms with E-state index in [1.165, 1.54) is 22.8 Å². The average Bonchev–Trinajstić information content (AvgIpc) is 2.75. The van der Waals surface area contributed by atoms with Crippen molar-refractivity contribution in [1.82, 2.24) is 5.32 Å². The van der Waals surface area contributed by atoms with Crippen molar-refractivity contribution in [1.29, 1.82) is 0 Å². The lowest BCUT2D eigenvalue weighted by atomic mass is 9.96. The smallest absolute Gasteiger partial charge is 0.0329 e. The van der Waals surface area contributed by atoms with E-state index in [9.17, 15) is 0 Å². The van der Waals surface area contributed by atoms with Crippen LogP contribution in [0, 0.1) is 5.92 Å². The highest BCUT2D eigenvalue weighted by Gasteiger charge is 2.22. The summed E-state index contributed by atoms with van der Waals surface area (Å²) in [5, 5.41) is 6.36. The summed E-state index contributed by atoms with van der Waals surface area (Å²) in [5.74, 6) is 0.795. The standard InChI is InChI=1S/C15H17N/c1-11-9-15(16-10-11)14-8-4-6-12-5-2-3-7-13(12)14/h2-8,11,15-16H,9-10H2,1H3/t11-,15+/m0/s1. The van der Waals surface area contributed by atoms with Gasteiger partial charge in [-0.1, -0.05) is 49.4 Å². The maximum absolute atomic E-state index is 3.61. The third kappa shape index (κ3) is 1.61. The summed E-state index contributed by atoms with van der Waals surface area (Å²) in [5.41, 5.74) is 1.46. The van der Waals surface area contributed by atoms with Crippen LogP contribution in [0.5, 0.6) is 0 Å². The van der Waals surface area contributed by atoms with Crippen molar-refractivity contribution in [2.75, 3.05) is 6.54 Å². The summed E-state index contributed by atoms with van der Waals surface area (Å²) in [4.78, 5) is 0. The first-order valence-electron chi connectivity index (χ1n) is 6.05. The predicted molar refractivity (Wildman–Crippen MR) is 68.5 cm³/mol. The number of fused-ring (bicyclic) bond motifs is 1. The molecule has 0 amide bonds. The van der Waals surface area contributed by atoms with Crippen LogP contribution in [0.4, 0.5) is 0 Å². The summed E-state index contributed by atoms with van der Waals surface area (Å²) < 4.78 is 0. The highest BCUT2D eigenvalue weighted by molar-refractivity contribution is 5.86. The molecular weight excluding hydrogens is 194 g/mol. The number of hydrogen-bond donors (Lipinski definition) is 1. The van der Waals surface area contributed by atoms with Crippen LogP contribution >= 0.6 is 0 Å². The van der Waals surface area contributed by atoms with E-state index in [1.807, 2.05) is 0 Å². The fourth-order valence-electron chi connectivity index (χ4n) is 2.70. The van der Waals surface area contributed by atoms with E-state index < -0.39 is 0 Å². The van der Waals surface area contributed by atoms with Gasteiger partial charge in [-0.15, -0.1) is 0 Å². The number of nitrogens with one attached hydrogen (secondary N) is 1. The zero-order valence-corrected chi connectivity index (χ0v) is 9.61. The summed E-state index contributed by atoms with van der Waals surface area (Å²) in [6, 6.07) is 15.8. The van der Waals surface area contributed by atoms with Gasteiger partial charge < -0.3 is 5.32 Å². The van der Waals surface area contributed by atoms with Gasteiger partial charge in [-0.2, -0.15) is 0 Å². The van der Waals surface area contributed by atoms with Gasteiger partial charge in [-0.05, 0) is 35.2 Å². The first-order chi connectivity index (χ1) is 7.84. The summed E-state index contributed by atoms with van der Waals surface area (Å²) in [7, 11) is 0. The van der Waals surface area contributed by atoms with Gasteiger partial charge in [0.1, 0.15) is 0 Å². The zero-order valence-electron chi connectivity index (χ0n) is 9.61. The minimum Gasteiger partial charge on any atom is -0.310 e. The molecule has 1 fully saturated rings. The molecule has 2 aromatic rings. The fraction of sp³-hybridized carbons (Fsp3) is 0.333. The Labute approximate surface area is 96.5 Å². The molecule has 1 saturated heterocycles. The van der Waals surface area contributed by atoms with Crippen LogP contribution in [-0.2, 0) is 0 Å². The highest BCUT2D eigenvalue weighted by Crippen LogP contribution is 2.31. The first-order valence-corrected chi connectivity index (χ1v) is 6.05. The highest BCUT2D eigenvalue weighted by atomic mass is 14.9. The van der Waals surface area contributed by atoms with Crippen molar-refractivity contribution >= 4 is 10.8 Å². The topological polar surface area (TPSA) is 12.0 Å². The molecule has 2 atom stereocenters. The molecule has 0 unspecified atom stereocenters. The van der Waals surface area contributed by atoms with Crippen LogP contribution in [0.3, 0.4) is 0 Å². The third-order valence-electron chi connectivity index (χ3n) is 3.55. The van der Waals surface area contributed by atoms with E-state index in [4.69, 9.17) is 0 Å². The second kappa shape index (κ2) is 3.91. The van der Waals surface area contributed by atoms with Gasteiger partial charge in [0.2, 0.25) is 0 Å². The Bertz CT molecular complexity index is 498. The molecule has 0 bridgehead atoms. The zero-order chi connectivity index (χ0) is 11.0. The SMILES string of the molecule is C[C@@H]1CN[C@@H](c2cccc3ccccc23)C1. The minimum atomic E-state index is 0.543. The van der Waals surface area contributed by atoms with Crippen LogP contribution < -0.4 is 5.32 Å². The van der Waals surface area contributed by atoms with Crippen molar-refractivity contribution in [2.24, 2.45) is 5.92 Å². The lowest BCUT2D eigenvalue weighted by Crippen LogP contribution is -2.13. The van der Waals surface area contributed by atoms with Crippen molar-refractivity contribution < 1.29 is 0 Å². The Morgan fingerprint density at radius 1 is 1.06 bits per heavy atom. The second-order valence-corrected chi connectivity index (χ2v) is 4.87. The summed E-state index contributed by atoms with van der Waals surface area (Å²) in [6.07, 6.45) is 1.26. The lowest BCUT2D eigenvalue weighted by Gasteiger charge is -2.13. The minimum absolute atomic E-state index is 0.543. The molecule has 0 saturated carbocycles. The molecule has 3 rings (SSSR count). The number of benzene rings is 2. The van der Waals surface area contributed by atoms with Gasteiger partial charge in [0.15, 0.2) is 0 Å². The number of rotatable bonds is 1. The van der Waals surface area contributed by atoms with Gasteiger partial charge in [0.05, 0.1) is 0 Å².